The lowest BCUT2D eigenvalue weighted by atomic mass is 10.1. The fraction of sp³-hybridized carbons (Fsp3) is 0.250. The average Bonchev–Trinajstić information content (AvgIpc) is 3.12. The Kier molecular flexibility index (Phi) is 3.86. The minimum absolute atomic E-state index is 0.0917. The lowest BCUT2D eigenvalue weighted by Gasteiger charge is -2.09. The second kappa shape index (κ2) is 5.79. The maximum absolute atomic E-state index is 9.49. The lowest BCUT2D eigenvalue weighted by Crippen LogP contribution is -2.05. The summed E-state index contributed by atoms with van der Waals surface area (Å²) < 4.78 is 1.83. The minimum atomic E-state index is -0.0917. The normalized spacial score (nSPS) is 11.0. The fourth-order valence-corrected chi connectivity index (χ4v) is 2.98. The molecule has 2 heterocycles. The van der Waals surface area contributed by atoms with Gasteiger partial charge in [0, 0.05) is 11.3 Å². The Balaban J connectivity index is 2.05. The molecule has 0 spiro atoms. The quantitative estimate of drug-likeness (QED) is 0.805. The molecule has 108 valence electrons. The van der Waals surface area contributed by atoms with E-state index in [1.54, 1.807) is 11.3 Å². The molecule has 0 saturated carbocycles. The molecule has 0 atom stereocenters. The molecule has 3 rings (SSSR count). The Hall–Kier alpha value is -1.98. The van der Waals surface area contributed by atoms with E-state index in [1.165, 1.54) is 16.0 Å². The third-order valence-corrected chi connectivity index (χ3v) is 4.53. The number of aliphatic hydroxyl groups excluding tert-OH is 1. The zero-order valence-corrected chi connectivity index (χ0v) is 12.9. The van der Waals surface area contributed by atoms with Crippen LogP contribution in [0.3, 0.4) is 0 Å². The van der Waals surface area contributed by atoms with Gasteiger partial charge in [-0.05, 0) is 48.6 Å². The maximum Gasteiger partial charge on any atom is 0.112 e. The SMILES string of the molecule is Cc1ccc(-n2nnc(CO)c2Cc2cccs2)cc1C. The molecule has 0 unspecified atom stereocenters. The zero-order chi connectivity index (χ0) is 14.8. The van der Waals surface area contributed by atoms with Crippen LogP contribution in [0.25, 0.3) is 5.69 Å². The van der Waals surface area contributed by atoms with Crippen LogP contribution in [0.4, 0.5) is 0 Å². The number of rotatable bonds is 4. The van der Waals surface area contributed by atoms with Crippen molar-refractivity contribution in [1.82, 2.24) is 15.0 Å². The van der Waals surface area contributed by atoms with Gasteiger partial charge in [0.2, 0.25) is 0 Å². The van der Waals surface area contributed by atoms with Crippen LogP contribution in [0.2, 0.25) is 0 Å². The molecule has 3 aromatic rings. The van der Waals surface area contributed by atoms with Crippen molar-refractivity contribution in [3.8, 4) is 5.69 Å². The van der Waals surface area contributed by atoms with Crippen molar-refractivity contribution in [3.63, 3.8) is 0 Å². The van der Waals surface area contributed by atoms with Gasteiger partial charge in [0.25, 0.3) is 0 Å². The Morgan fingerprint density at radius 2 is 2.05 bits per heavy atom. The summed E-state index contributed by atoms with van der Waals surface area (Å²) in [6.45, 7) is 4.08. The smallest absolute Gasteiger partial charge is 0.112 e. The van der Waals surface area contributed by atoms with E-state index in [0.717, 1.165) is 17.8 Å². The third-order valence-electron chi connectivity index (χ3n) is 3.65. The molecule has 2 aromatic heterocycles. The van der Waals surface area contributed by atoms with Crippen molar-refractivity contribution in [1.29, 1.82) is 0 Å². The molecule has 0 aliphatic rings. The van der Waals surface area contributed by atoms with E-state index in [-0.39, 0.29) is 6.61 Å². The topological polar surface area (TPSA) is 50.9 Å². The first kappa shape index (κ1) is 14.0. The van der Waals surface area contributed by atoms with E-state index in [0.29, 0.717) is 5.69 Å². The number of benzene rings is 1. The number of hydrogen-bond acceptors (Lipinski definition) is 4. The predicted octanol–water partition coefficient (Wildman–Crippen LogP) is 3.03. The van der Waals surface area contributed by atoms with Crippen molar-refractivity contribution in [2.24, 2.45) is 0 Å². The lowest BCUT2D eigenvalue weighted by molar-refractivity contribution is 0.275. The maximum atomic E-state index is 9.49. The highest BCUT2D eigenvalue weighted by Gasteiger charge is 2.15. The molecule has 0 bridgehead atoms. The largest absolute Gasteiger partial charge is 0.390 e. The monoisotopic (exact) mass is 299 g/mol. The van der Waals surface area contributed by atoms with E-state index < -0.39 is 0 Å². The molecule has 4 nitrogen and oxygen atoms in total. The van der Waals surface area contributed by atoms with Gasteiger partial charge in [-0.1, -0.05) is 17.3 Å². The summed E-state index contributed by atoms with van der Waals surface area (Å²) in [5, 5.41) is 19.9. The van der Waals surface area contributed by atoms with Gasteiger partial charge in [0.05, 0.1) is 18.0 Å². The van der Waals surface area contributed by atoms with Gasteiger partial charge in [0.15, 0.2) is 0 Å². The molecule has 1 N–H and O–H groups in total. The van der Waals surface area contributed by atoms with Crippen molar-refractivity contribution in [2.75, 3.05) is 0 Å². The van der Waals surface area contributed by atoms with Crippen LogP contribution in [-0.2, 0) is 13.0 Å². The summed E-state index contributed by atoms with van der Waals surface area (Å²) >= 11 is 1.70. The second-order valence-electron chi connectivity index (χ2n) is 5.08. The van der Waals surface area contributed by atoms with Gasteiger partial charge in [-0.25, -0.2) is 4.68 Å². The summed E-state index contributed by atoms with van der Waals surface area (Å²) in [5.41, 5.74) is 5.04. The van der Waals surface area contributed by atoms with Gasteiger partial charge in [-0.2, -0.15) is 0 Å². The van der Waals surface area contributed by atoms with Crippen LogP contribution in [-0.4, -0.2) is 20.1 Å². The van der Waals surface area contributed by atoms with Crippen LogP contribution in [0.15, 0.2) is 35.7 Å². The summed E-state index contributed by atoms with van der Waals surface area (Å²) in [6.07, 6.45) is 0.730. The highest BCUT2D eigenvalue weighted by atomic mass is 32.1. The van der Waals surface area contributed by atoms with E-state index in [9.17, 15) is 5.11 Å². The molecule has 0 radical (unpaired) electrons. The number of aliphatic hydroxyl groups is 1. The molecular weight excluding hydrogens is 282 g/mol. The molecule has 0 fully saturated rings. The molecular formula is C16H17N3OS. The molecule has 5 heteroatoms. The van der Waals surface area contributed by atoms with E-state index >= 15 is 0 Å². The van der Waals surface area contributed by atoms with Crippen LogP contribution in [0.5, 0.6) is 0 Å². The molecule has 1 aromatic carbocycles. The van der Waals surface area contributed by atoms with E-state index in [4.69, 9.17) is 0 Å². The summed E-state index contributed by atoms with van der Waals surface area (Å²) in [4.78, 5) is 1.23. The van der Waals surface area contributed by atoms with Crippen molar-refractivity contribution < 1.29 is 5.11 Å². The van der Waals surface area contributed by atoms with Crippen LogP contribution >= 0.6 is 11.3 Å². The zero-order valence-electron chi connectivity index (χ0n) is 12.1. The molecule has 0 aliphatic heterocycles. The van der Waals surface area contributed by atoms with Crippen molar-refractivity contribution >= 4 is 11.3 Å². The number of aromatic nitrogens is 3. The Bertz CT molecular complexity index is 747. The van der Waals surface area contributed by atoms with Crippen LogP contribution in [0.1, 0.15) is 27.4 Å². The standard InChI is InChI=1S/C16H17N3OS/c1-11-5-6-13(8-12(11)2)19-16(15(10-20)17-18-19)9-14-4-3-7-21-14/h3-8,20H,9-10H2,1-2H3. The first-order valence-corrected chi connectivity index (χ1v) is 7.71. The van der Waals surface area contributed by atoms with Gasteiger partial charge >= 0.3 is 0 Å². The van der Waals surface area contributed by atoms with E-state index in [1.807, 2.05) is 16.8 Å². The number of hydrogen-bond donors (Lipinski definition) is 1. The minimum Gasteiger partial charge on any atom is -0.390 e. The second-order valence-corrected chi connectivity index (χ2v) is 6.11. The Morgan fingerprint density at radius 3 is 2.71 bits per heavy atom. The van der Waals surface area contributed by atoms with Gasteiger partial charge in [-0.3, -0.25) is 0 Å². The van der Waals surface area contributed by atoms with Gasteiger partial charge in [-0.15, -0.1) is 16.4 Å². The Morgan fingerprint density at radius 1 is 1.19 bits per heavy atom. The third kappa shape index (κ3) is 2.75. The average molecular weight is 299 g/mol. The Labute approximate surface area is 127 Å². The summed E-state index contributed by atoms with van der Waals surface area (Å²) in [5.74, 6) is 0. The highest BCUT2D eigenvalue weighted by molar-refractivity contribution is 7.09. The highest BCUT2D eigenvalue weighted by Crippen LogP contribution is 2.21. The van der Waals surface area contributed by atoms with Crippen LogP contribution < -0.4 is 0 Å². The fourth-order valence-electron chi connectivity index (χ4n) is 2.28. The molecule has 21 heavy (non-hydrogen) atoms. The number of aryl methyl sites for hydroxylation is 2. The molecule has 0 saturated heterocycles. The molecule has 0 amide bonds. The van der Waals surface area contributed by atoms with Gasteiger partial charge in [0.1, 0.15) is 5.69 Å². The first-order valence-electron chi connectivity index (χ1n) is 6.83. The number of thiophene rings is 1. The van der Waals surface area contributed by atoms with Crippen LogP contribution in [0, 0.1) is 13.8 Å². The first-order chi connectivity index (χ1) is 10.2. The van der Waals surface area contributed by atoms with E-state index in [2.05, 4.69) is 47.7 Å². The van der Waals surface area contributed by atoms with Crippen molar-refractivity contribution in [3.05, 3.63) is 63.1 Å². The van der Waals surface area contributed by atoms with Crippen molar-refractivity contribution in [2.45, 2.75) is 26.9 Å². The molecule has 0 aliphatic carbocycles. The summed E-state index contributed by atoms with van der Waals surface area (Å²) in [7, 11) is 0. The predicted molar refractivity (Wildman–Crippen MR) is 83.9 cm³/mol. The summed E-state index contributed by atoms with van der Waals surface area (Å²) in [6, 6.07) is 10.3. The van der Waals surface area contributed by atoms with Gasteiger partial charge < -0.3 is 5.11 Å². The number of nitrogens with zero attached hydrogens (tertiary/aromatic N) is 3.